The third-order valence-electron chi connectivity index (χ3n) is 10.3. The lowest BCUT2D eigenvalue weighted by Crippen LogP contribution is -2.58. The molecule has 4 heteroatoms. The Morgan fingerprint density at radius 2 is 1.79 bits per heavy atom. The smallest absolute Gasteiger partial charge is 0.303 e. The molecule has 0 saturated heterocycles. The fourth-order valence-electron chi connectivity index (χ4n) is 8.71. The number of aliphatic hydroxyl groups excluding tert-OH is 2. The van der Waals surface area contributed by atoms with Crippen molar-refractivity contribution in [2.75, 3.05) is 0 Å². The van der Waals surface area contributed by atoms with E-state index in [4.69, 9.17) is 5.11 Å². The molecule has 28 heavy (non-hydrogen) atoms. The fraction of sp³-hybridized carbons (Fsp3) is 0.958. The van der Waals surface area contributed by atoms with Crippen molar-refractivity contribution in [2.45, 2.75) is 97.2 Å². The molecule has 0 aromatic rings. The zero-order chi connectivity index (χ0) is 20.3. The number of carbonyl (C=O) groups is 1. The number of rotatable bonds is 4. The summed E-state index contributed by atoms with van der Waals surface area (Å²) >= 11 is 0. The highest BCUT2D eigenvalue weighted by molar-refractivity contribution is 5.66. The molecule has 0 aromatic heterocycles. The summed E-state index contributed by atoms with van der Waals surface area (Å²) in [4.78, 5) is 11.1. The predicted molar refractivity (Wildman–Crippen MR) is 109 cm³/mol. The summed E-state index contributed by atoms with van der Waals surface area (Å²) in [6.07, 6.45) is 9.26. The molecule has 0 heterocycles. The average molecular weight is 393 g/mol. The second kappa shape index (κ2) is 7.27. The molecule has 5 unspecified atom stereocenters. The van der Waals surface area contributed by atoms with Crippen LogP contribution in [0.15, 0.2) is 0 Å². The fourth-order valence-corrected chi connectivity index (χ4v) is 8.71. The van der Waals surface area contributed by atoms with Crippen molar-refractivity contribution >= 4 is 5.97 Å². The summed E-state index contributed by atoms with van der Waals surface area (Å²) in [6.45, 7) is 6.99. The van der Waals surface area contributed by atoms with Crippen molar-refractivity contribution in [2.24, 2.45) is 46.3 Å². The van der Waals surface area contributed by atoms with Gasteiger partial charge in [-0.2, -0.15) is 0 Å². The van der Waals surface area contributed by atoms with Gasteiger partial charge in [0.25, 0.3) is 0 Å². The van der Waals surface area contributed by atoms with E-state index in [2.05, 4.69) is 20.8 Å². The lowest BCUT2D eigenvalue weighted by atomic mass is 9.43. The standard InChI is InChI=1S/C24H40O4/c1-14(4-9-22(27)28)18-7-8-19-17-6-5-15-12-16(25)10-11-23(15,2)20(17)13-21(26)24(18,19)3/h14-21,25-26H,4-13H2,1-3H3,(H,27,28)/t14-,15-,16-,17?,18?,19?,20?,21+,23+,24?/m1/s1. The van der Waals surface area contributed by atoms with Crippen LogP contribution in [-0.4, -0.2) is 33.5 Å². The lowest BCUT2D eigenvalue weighted by molar-refractivity contribution is -0.175. The molecular formula is C24H40O4. The molecule has 4 nitrogen and oxygen atoms in total. The monoisotopic (exact) mass is 392 g/mol. The van der Waals surface area contributed by atoms with Gasteiger partial charge in [-0.25, -0.2) is 0 Å². The number of aliphatic hydroxyl groups is 2. The van der Waals surface area contributed by atoms with E-state index in [9.17, 15) is 15.0 Å². The Morgan fingerprint density at radius 3 is 2.50 bits per heavy atom. The van der Waals surface area contributed by atoms with E-state index >= 15 is 0 Å². The first-order chi connectivity index (χ1) is 13.2. The quantitative estimate of drug-likeness (QED) is 0.659. The molecule has 0 bridgehead atoms. The van der Waals surface area contributed by atoms with Crippen LogP contribution in [0.5, 0.6) is 0 Å². The Bertz CT molecular complexity index is 605. The minimum atomic E-state index is -0.707. The van der Waals surface area contributed by atoms with E-state index in [0.29, 0.717) is 35.5 Å². The highest BCUT2D eigenvalue weighted by Gasteiger charge is 2.63. The Balaban J connectivity index is 1.56. The highest BCUT2D eigenvalue weighted by atomic mass is 16.4. The van der Waals surface area contributed by atoms with Crippen LogP contribution in [-0.2, 0) is 4.79 Å². The average Bonchev–Trinajstić information content (AvgIpc) is 3.00. The zero-order valence-corrected chi connectivity index (χ0v) is 17.9. The van der Waals surface area contributed by atoms with Crippen LogP contribution in [0.3, 0.4) is 0 Å². The molecule has 0 spiro atoms. The van der Waals surface area contributed by atoms with Crippen LogP contribution in [0.1, 0.15) is 85.0 Å². The summed E-state index contributed by atoms with van der Waals surface area (Å²) in [7, 11) is 0. The van der Waals surface area contributed by atoms with E-state index in [1.165, 1.54) is 19.3 Å². The first kappa shape index (κ1) is 20.7. The molecule has 0 radical (unpaired) electrons. The molecule has 0 aliphatic heterocycles. The molecule has 3 N–H and O–H groups in total. The number of carboxylic acid groups (broad SMARTS) is 1. The molecule has 4 fully saturated rings. The minimum absolute atomic E-state index is 0.0591. The van der Waals surface area contributed by atoms with Crippen molar-refractivity contribution in [3.63, 3.8) is 0 Å². The summed E-state index contributed by atoms with van der Waals surface area (Å²) in [5.41, 5.74) is 0.216. The Labute approximate surface area is 170 Å². The van der Waals surface area contributed by atoms with Crippen LogP contribution >= 0.6 is 0 Å². The Kier molecular flexibility index (Phi) is 5.36. The van der Waals surface area contributed by atoms with Gasteiger partial charge in [0.2, 0.25) is 0 Å². The molecular weight excluding hydrogens is 352 g/mol. The number of fused-ring (bicyclic) bond motifs is 5. The topological polar surface area (TPSA) is 77.8 Å². The van der Waals surface area contributed by atoms with Crippen LogP contribution in [0, 0.1) is 46.3 Å². The van der Waals surface area contributed by atoms with Gasteiger partial charge in [0, 0.05) is 6.42 Å². The van der Waals surface area contributed by atoms with Gasteiger partial charge in [0.1, 0.15) is 0 Å². The summed E-state index contributed by atoms with van der Waals surface area (Å²) in [5.74, 6) is 2.55. The van der Waals surface area contributed by atoms with E-state index in [-0.39, 0.29) is 29.5 Å². The van der Waals surface area contributed by atoms with E-state index in [1.54, 1.807) is 0 Å². The van der Waals surface area contributed by atoms with Crippen LogP contribution in [0.4, 0.5) is 0 Å². The largest absolute Gasteiger partial charge is 0.481 e. The van der Waals surface area contributed by atoms with Crippen molar-refractivity contribution in [3.05, 3.63) is 0 Å². The minimum Gasteiger partial charge on any atom is -0.481 e. The normalized spacial score (nSPS) is 51.7. The van der Waals surface area contributed by atoms with Crippen LogP contribution < -0.4 is 0 Å². The third kappa shape index (κ3) is 3.05. The van der Waals surface area contributed by atoms with Crippen molar-refractivity contribution in [1.82, 2.24) is 0 Å². The molecule has 0 aromatic carbocycles. The van der Waals surface area contributed by atoms with Gasteiger partial charge in [-0.05, 0) is 104 Å². The molecule has 4 aliphatic rings. The first-order valence-corrected chi connectivity index (χ1v) is 11.8. The molecule has 10 atom stereocenters. The maximum Gasteiger partial charge on any atom is 0.303 e. The van der Waals surface area contributed by atoms with Gasteiger partial charge < -0.3 is 15.3 Å². The number of carboxylic acids is 1. The predicted octanol–water partition coefficient (Wildman–Crippen LogP) is 4.48. The maximum absolute atomic E-state index is 11.5. The summed E-state index contributed by atoms with van der Waals surface area (Å²) in [6, 6.07) is 0. The molecule has 0 amide bonds. The molecule has 4 aliphatic carbocycles. The van der Waals surface area contributed by atoms with Gasteiger partial charge in [0.15, 0.2) is 0 Å². The Morgan fingerprint density at radius 1 is 1.04 bits per heavy atom. The lowest BCUT2D eigenvalue weighted by Gasteiger charge is -2.62. The van der Waals surface area contributed by atoms with E-state index in [0.717, 1.165) is 38.5 Å². The molecule has 4 rings (SSSR count). The van der Waals surface area contributed by atoms with E-state index < -0.39 is 5.97 Å². The van der Waals surface area contributed by atoms with Gasteiger partial charge in [0.05, 0.1) is 12.2 Å². The maximum atomic E-state index is 11.5. The van der Waals surface area contributed by atoms with Gasteiger partial charge in [-0.15, -0.1) is 0 Å². The Hall–Kier alpha value is -0.610. The molecule has 4 saturated carbocycles. The van der Waals surface area contributed by atoms with E-state index in [1.807, 2.05) is 0 Å². The van der Waals surface area contributed by atoms with Crippen molar-refractivity contribution in [3.8, 4) is 0 Å². The van der Waals surface area contributed by atoms with Crippen molar-refractivity contribution < 1.29 is 20.1 Å². The van der Waals surface area contributed by atoms with Gasteiger partial charge in [-0.3, -0.25) is 4.79 Å². The summed E-state index contributed by atoms with van der Waals surface area (Å²) < 4.78 is 0. The number of aliphatic carboxylic acids is 1. The SMILES string of the molecule is C[C@H](CCC(=O)O)C1CCC2C3CC[C@@H]4C[C@H](O)CC[C@]4(C)C3C[C@H](O)C21C. The van der Waals surface area contributed by atoms with Gasteiger partial charge >= 0.3 is 5.97 Å². The second-order valence-corrected chi connectivity index (χ2v) is 11.3. The third-order valence-corrected chi connectivity index (χ3v) is 10.3. The zero-order valence-electron chi connectivity index (χ0n) is 17.9. The molecule has 160 valence electrons. The van der Waals surface area contributed by atoms with Crippen LogP contribution in [0.2, 0.25) is 0 Å². The first-order valence-electron chi connectivity index (χ1n) is 11.8. The number of hydrogen-bond acceptors (Lipinski definition) is 3. The number of hydrogen-bond donors (Lipinski definition) is 3. The van der Waals surface area contributed by atoms with Gasteiger partial charge in [-0.1, -0.05) is 20.8 Å². The van der Waals surface area contributed by atoms with Crippen LogP contribution in [0.25, 0.3) is 0 Å². The second-order valence-electron chi connectivity index (χ2n) is 11.3. The van der Waals surface area contributed by atoms with Crippen molar-refractivity contribution in [1.29, 1.82) is 0 Å². The highest BCUT2D eigenvalue weighted by Crippen LogP contribution is 2.68. The summed E-state index contributed by atoms with van der Waals surface area (Å²) in [5, 5.41) is 30.8.